The summed E-state index contributed by atoms with van der Waals surface area (Å²) >= 11 is 0. The molecule has 2 rings (SSSR count). The minimum Gasteiger partial charge on any atom is -0.507 e. The first-order chi connectivity index (χ1) is 9.93. The van der Waals surface area contributed by atoms with Crippen molar-refractivity contribution in [3.05, 3.63) is 29.3 Å². The van der Waals surface area contributed by atoms with E-state index in [1.807, 2.05) is 25.2 Å². The van der Waals surface area contributed by atoms with Crippen LogP contribution in [0.2, 0.25) is 0 Å². The van der Waals surface area contributed by atoms with Gasteiger partial charge in [0, 0.05) is 24.2 Å². The standard InChI is InChI=1S/C18H30N2O/c1-18(2,3)14-9-7-8-13(17(14)21)12-20-16-11-6-5-10-15(16)19-4/h7-9,15-16,19-21H,5-6,10-12H2,1-4H3/t15-,16-/m1/s1. The van der Waals surface area contributed by atoms with E-state index in [0.717, 1.165) is 17.7 Å². The predicted octanol–water partition coefficient (Wildman–Crippen LogP) is 3.31. The van der Waals surface area contributed by atoms with Gasteiger partial charge >= 0.3 is 0 Å². The fourth-order valence-corrected chi connectivity index (χ4v) is 3.30. The van der Waals surface area contributed by atoms with Crippen LogP contribution in [-0.4, -0.2) is 24.2 Å². The topological polar surface area (TPSA) is 44.3 Å². The Kier molecular flexibility index (Phi) is 5.28. The molecule has 0 heterocycles. The molecule has 1 saturated carbocycles. The second kappa shape index (κ2) is 6.80. The minimum atomic E-state index is -0.0293. The van der Waals surface area contributed by atoms with Gasteiger partial charge in [-0.15, -0.1) is 0 Å². The van der Waals surface area contributed by atoms with Crippen molar-refractivity contribution in [1.82, 2.24) is 10.6 Å². The van der Waals surface area contributed by atoms with Crippen LogP contribution in [0.1, 0.15) is 57.6 Å². The fourth-order valence-electron chi connectivity index (χ4n) is 3.30. The number of likely N-dealkylation sites (N-methyl/N-ethyl adjacent to an activating group) is 1. The van der Waals surface area contributed by atoms with Crippen LogP contribution < -0.4 is 10.6 Å². The van der Waals surface area contributed by atoms with Crippen molar-refractivity contribution in [2.45, 2.75) is 70.5 Å². The van der Waals surface area contributed by atoms with E-state index in [-0.39, 0.29) is 5.41 Å². The first-order valence-corrected chi connectivity index (χ1v) is 8.15. The second-order valence-electron chi connectivity index (χ2n) is 7.23. The molecule has 3 heteroatoms. The lowest BCUT2D eigenvalue weighted by molar-refractivity contribution is 0.293. The molecule has 3 N–H and O–H groups in total. The highest BCUT2D eigenvalue weighted by atomic mass is 16.3. The van der Waals surface area contributed by atoms with E-state index >= 15 is 0 Å². The van der Waals surface area contributed by atoms with Gasteiger partial charge in [0.15, 0.2) is 0 Å². The quantitative estimate of drug-likeness (QED) is 0.797. The summed E-state index contributed by atoms with van der Waals surface area (Å²) < 4.78 is 0. The largest absolute Gasteiger partial charge is 0.507 e. The van der Waals surface area contributed by atoms with Gasteiger partial charge in [0.1, 0.15) is 5.75 Å². The Morgan fingerprint density at radius 1 is 1.14 bits per heavy atom. The van der Waals surface area contributed by atoms with Gasteiger partial charge in [-0.3, -0.25) is 0 Å². The number of benzene rings is 1. The van der Waals surface area contributed by atoms with Crippen molar-refractivity contribution < 1.29 is 5.11 Å². The summed E-state index contributed by atoms with van der Waals surface area (Å²) in [6.07, 6.45) is 5.06. The molecular formula is C18H30N2O. The number of phenols is 1. The third kappa shape index (κ3) is 3.98. The SMILES string of the molecule is CN[C@@H]1CCCC[C@H]1NCc1cccc(C(C)(C)C)c1O. The molecule has 0 aliphatic heterocycles. The lowest BCUT2D eigenvalue weighted by atomic mass is 9.85. The van der Waals surface area contributed by atoms with E-state index in [0.29, 0.717) is 17.8 Å². The smallest absolute Gasteiger partial charge is 0.123 e. The molecule has 1 aromatic rings. The van der Waals surface area contributed by atoms with E-state index in [1.54, 1.807) is 0 Å². The van der Waals surface area contributed by atoms with E-state index in [4.69, 9.17) is 0 Å². The molecule has 0 unspecified atom stereocenters. The van der Waals surface area contributed by atoms with E-state index in [2.05, 4.69) is 31.4 Å². The summed E-state index contributed by atoms with van der Waals surface area (Å²) in [5.74, 6) is 0.453. The number of nitrogens with one attached hydrogen (secondary N) is 2. The molecule has 3 nitrogen and oxygen atoms in total. The lowest BCUT2D eigenvalue weighted by Gasteiger charge is -2.32. The molecule has 1 aliphatic carbocycles. The van der Waals surface area contributed by atoms with Crippen molar-refractivity contribution in [3.8, 4) is 5.75 Å². The zero-order valence-corrected chi connectivity index (χ0v) is 13.9. The van der Waals surface area contributed by atoms with Crippen molar-refractivity contribution >= 4 is 0 Å². The molecule has 0 aromatic heterocycles. The molecule has 0 bridgehead atoms. The lowest BCUT2D eigenvalue weighted by Crippen LogP contribution is -2.48. The number of aromatic hydroxyl groups is 1. The van der Waals surface area contributed by atoms with Gasteiger partial charge in [0.05, 0.1) is 0 Å². The van der Waals surface area contributed by atoms with Crippen LogP contribution in [-0.2, 0) is 12.0 Å². The Hall–Kier alpha value is -1.06. The molecular weight excluding hydrogens is 260 g/mol. The van der Waals surface area contributed by atoms with E-state index < -0.39 is 0 Å². The molecule has 0 radical (unpaired) electrons. The highest BCUT2D eigenvalue weighted by Gasteiger charge is 2.24. The Balaban J connectivity index is 2.06. The van der Waals surface area contributed by atoms with Crippen LogP contribution >= 0.6 is 0 Å². The van der Waals surface area contributed by atoms with Crippen LogP contribution in [0, 0.1) is 0 Å². The van der Waals surface area contributed by atoms with Gasteiger partial charge in [-0.1, -0.05) is 51.8 Å². The average Bonchev–Trinajstić information content (AvgIpc) is 2.45. The van der Waals surface area contributed by atoms with E-state index in [1.165, 1.54) is 25.7 Å². The van der Waals surface area contributed by atoms with Gasteiger partial charge in [-0.05, 0) is 30.9 Å². The first kappa shape index (κ1) is 16.3. The predicted molar refractivity (Wildman–Crippen MR) is 88.8 cm³/mol. The third-order valence-electron chi connectivity index (χ3n) is 4.62. The summed E-state index contributed by atoms with van der Waals surface area (Å²) in [7, 11) is 2.04. The zero-order valence-electron chi connectivity index (χ0n) is 13.9. The minimum absolute atomic E-state index is 0.0293. The van der Waals surface area contributed by atoms with Gasteiger partial charge in [0.2, 0.25) is 0 Å². The van der Waals surface area contributed by atoms with Crippen LogP contribution in [0.15, 0.2) is 18.2 Å². The number of rotatable bonds is 4. The average molecular weight is 290 g/mol. The summed E-state index contributed by atoms with van der Waals surface area (Å²) in [5, 5.41) is 17.6. The molecule has 2 atom stereocenters. The van der Waals surface area contributed by atoms with Crippen LogP contribution in [0.4, 0.5) is 0 Å². The molecule has 1 aliphatic rings. The van der Waals surface area contributed by atoms with Crippen molar-refractivity contribution in [3.63, 3.8) is 0 Å². The maximum Gasteiger partial charge on any atom is 0.123 e. The maximum absolute atomic E-state index is 10.5. The van der Waals surface area contributed by atoms with Gasteiger partial charge in [0.25, 0.3) is 0 Å². The molecule has 118 valence electrons. The number of hydrogen-bond acceptors (Lipinski definition) is 3. The van der Waals surface area contributed by atoms with E-state index in [9.17, 15) is 5.11 Å². The van der Waals surface area contributed by atoms with Crippen LogP contribution in [0.3, 0.4) is 0 Å². The number of phenolic OH excluding ortho intramolecular Hbond substituents is 1. The second-order valence-corrected chi connectivity index (χ2v) is 7.23. The highest BCUT2D eigenvalue weighted by molar-refractivity contribution is 5.43. The normalized spacial score (nSPS) is 23.2. The third-order valence-corrected chi connectivity index (χ3v) is 4.62. The van der Waals surface area contributed by atoms with Crippen molar-refractivity contribution in [1.29, 1.82) is 0 Å². The molecule has 1 aromatic carbocycles. The Morgan fingerprint density at radius 2 is 1.81 bits per heavy atom. The molecule has 0 amide bonds. The fraction of sp³-hybridized carbons (Fsp3) is 0.667. The summed E-state index contributed by atoms with van der Waals surface area (Å²) in [6, 6.07) is 7.14. The molecule has 1 fully saturated rings. The monoisotopic (exact) mass is 290 g/mol. The zero-order chi connectivity index (χ0) is 15.5. The Morgan fingerprint density at radius 3 is 2.43 bits per heavy atom. The van der Waals surface area contributed by atoms with Crippen LogP contribution in [0.25, 0.3) is 0 Å². The summed E-state index contributed by atoms with van der Waals surface area (Å²) in [4.78, 5) is 0. The highest BCUT2D eigenvalue weighted by Crippen LogP contribution is 2.33. The Labute approximate surface area is 129 Å². The summed E-state index contributed by atoms with van der Waals surface area (Å²) in [6.45, 7) is 7.14. The van der Waals surface area contributed by atoms with Gasteiger partial charge < -0.3 is 15.7 Å². The van der Waals surface area contributed by atoms with Crippen molar-refractivity contribution in [2.24, 2.45) is 0 Å². The van der Waals surface area contributed by atoms with Gasteiger partial charge in [-0.25, -0.2) is 0 Å². The molecule has 0 saturated heterocycles. The first-order valence-electron chi connectivity index (χ1n) is 8.15. The van der Waals surface area contributed by atoms with Crippen molar-refractivity contribution in [2.75, 3.05) is 7.05 Å². The summed E-state index contributed by atoms with van der Waals surface area (Å²) in [5.41, 5.74) is 2.00. The number of para-hydroxylation sites is 1. The molecule has 21 heavy (non-hydrogen) atoms. The van der Waals surface area contributed by atoms with Gasteiger partial charge in [-0.2, -0.15) is 0 Å². The number of hydrogen-bond donors (Lipinski definition) is 3. The molecule has 0 spiro atoms. The van der Waals surface area contributed by atoms with Crippen LogP contribution in [0.5, 0.6) is 5.75 Å². The Bertz CT molecular complexity index is 465. The maximum atomic E-state index is 10.5.